The molecule has 0 aromatic carbocycles. The third-order valence-corrected chi connectivity index (χ3v) is 5.44. The number of amides is 1. The Kier molecular flexibility index (Phi) is 5.80. The normalized spacial score (nSPS) is 10.7. The first-order chi connectivity index (χ1) is 14.6. The predicted octanol–water partition coefficient (Wildman–Crippen LogP) is 3.34. The molecule has 0 spiro atoms. The summed E-state index contributed by atoms with van der Waals surface area (Å²) in [7, 11) is 1.56. The van der Waals surface area contributed by atoms with Gasteiger partial charge in [-0.2, -0.15) is 0 Å². The van der Waals surface area contributed by atoms with Crippen LogP contribution in [0.25, 0.3) is 10.2 Å². The first-order valence-corrected chi connectivity index (χ1v) is 10.2. The Balaban J connectivity index is 1.51. The van der Waals surface area contributed by atoms with Crippen molar-refractivity contribution in [3.63, 3.8) is 0 Å². The first kappa shape index (κ1) is 19.7. The van der Waals surface area contributed by atoms with E-state index in [0.29, 0.717) is 30.6 Å². The molecule has 0 atom stereocenters. The van der Waals surface area contributed by atoms with Crippen LogP contribution in [0.2, 0.25) is 0 Å². The van der Waals surface area contributed by atoms with Gasteiger partial charge >= 0.3 is 0 Å². The minimum absolute atomic E-state index is 0.263. The fraction of sp³-hybridized carbons (Fsp3) is 0.190. The molecule has 4 heterocycles. The summed E-state index contributed by atoms with van der Waals surface area (Å²) in [5.74, 6) is 0.669. The maximum Gasteiger partial charge on any atom is 0.271 e. The van der Waals surface area contributed by atoms with Gasteiger partial charge in [-0.05, 0) is 35.6 Å². The Morgan fingerprint density at radius 2 is 2.03 bits per heavy atom. The lowest BCUT2D eigenvalue weighted by atomic mass is 10.2. The number of nitrogens with one attached hydrogen (secondary N) is 2. The molecule has 4 aromatic rings. The summed E-state index contributed by atoms with van der Waals surface area (Å²) in [6.07, 6.45) is 3.43. The lowest BCUT2D eigenvalue weighted by Gasteiger charge is -2.10. The summed E-state index contributed by atoms with van der Waals surface area (Å²) >= 11 is 1.44. The molecule has 152 valence electrons. The van der Waals surface area contributed by atoms with Crippen LogP contribution >= 0.6 is 11.3 Å². The number of aryl methyl sites for hydroxylation is 1. The molecule has 0 aliphatic rings. The second kappa shape index (κ2) is 8.83. The van der Waals surface area contributed by atoms with Crippen LogP contribution in [-0.2, 0) is 13.1 Å². The number of carbonyl (C=O) groups is 1. The largest absolute Gasteiger partial charge is 0.481 e. The van der Waals surface area contributed by atoms with Crippen LogP contribution in [0.1, 0.15) is 27.3 Å². The van der Waals surface area contributed by atoms with Crippen LogP contribution in [0.15, 0.2) is 48.1 Å². The number of ether oxygens (including phenoxy) is 1. The van der Waals surface area contributed by atoms with Crippen molar-refractivity contribution >= 4 is 33.4 Å². The second-order valence-electron chi connectivity index (χ2n) is 6.52. The Bertz CT molecular complexity index is 1180. The van der Waals surface area contributed by atoms with Crippen LogP contribution in [0, 0.1) is 6.92 Å². The van der Waals surface area contributed by atoms with Crippen molar-refractivity contribution in [1.82, 2.24) is 25.3 Å². The molecule has 0 radical (unpaired) electrons. The summed E-state index contributed by atoms with van der Waals surface area (Å²) < 4.78 is 5.81. The predicted molar refractivity (Wildman–Crippen MR) is 116 cm³/mol. The van der Waals surface area contributed by atoms with Crippen molar-refractivity contribution in [3.05, 3.63) is 70.6 Å². The summed E-state index contributed by atoms with van der Waals surface area (Å²) in [5.41, 5.74) is 3.93. The van der Waals surface area contributed by atoms with E-state index in [-0.39, 0.29) is 5.91 Å². The number of hydrogen-bond donors (Lipinski definition) is 2. The molecule has 4 aromatic heterocycles. The molecule has 0 fully saturated rings. The summed E-state index contributed by atoms with van der Waals surface area (Å²) in [4.78, 5) is 30.3. The molecule has 8 nitrogen and oxygen atoms in total. The van der Waals surface area contributed by atoms with Gasteiger partial charge in [-0.3, -0.25) is 9.78 Å². The molecule has 0 saturated carbocycles. The number of nitrogens with zero attached hydrogens (tertiary/aromatic N) is 4. The molecule has 2 N–H and O–H groups in total. The average Bonchev–Trinajstić information content (AvgIpc) is 3.25. The number of thiophene rings is 1. The molecule has 0 aliphatic carbocycles. The molecule has 1 amide bonds. The maximum atomic E-state index is 12.9. The average molecular weight is 420 g/mol. The van der Waals surface area contributed by atoms with Crippen molar-refractivity contribution in [3.8, 4) is 5.88 Å². The van der Waals surface area contributed by atoms with Gasteiger partial charge in [0.25, 0.3) is 5.91 Å². The van der Waals surface area contributed by atoms with E-state index in [9.17, 15) is 4.79 Å². The Morgan fingerprint density at radius 1 is 1.13 bits per heavy atom. The van der Waals surface area contributed by atoms with Crippen LogP contribution in [0.5, 0.6) is 5.88 Å². The first-order valence-electron chi connectivity index (χ1n) is 9.31. The Labute approximate surface area is 177 Å². The molecule has 0 aliphatic heterocycles. The molecule has 4 rings (SSSR count). The van der Waals surface area contributed by atoms with Crippen LogP contribution in [0.4, 0.5) is 5.95 Å². The van der Waals surface area contributed by atoms with Gasteiger partial charge in [0, 0.05) is 37.2 Å². The molecule has 30 heavy (non-hydrogen) atoms. The number of carbonyl (C=O) groups excluding carboxylic acids is 1. The molecule has 9 heteroatoms. The minimum Gasteiger partial charge on any atom is -0.481 e. The number of anilines is 1. The Morgan fingerprint density at radius 3 is 2.80 bits per heavy atom. The molecular formula is C21H20N6O2S. The van der Waals surface area contributed by atoms with Gasteiger partial charge in [0.2, 0.25) is 11.8 Å². The number of methoxy groups -OCH3 is 1. The number of fused-ring (bicyclic) bond motifs is 1. The molecule has 0 bridgehead atoms. The van der Waals surface area contributed by atoms with Gasteiger partial charge < -0.3 is 15.4 Å². The van der Waals surface area contributed by atoms with Gasteiger partial charge in [-0.25, -0.2) is 15.0 Å². The molecule has 0 saturated heterocycles. The van der Waals surface area contributed by atoms with Gasteiger partial charge in [0.1, 0.15) is 0 Å². The van der Waals surface area contributed by atoms with E-state index in [4.69, 9.17) is 4.74 Å². The van der Waals surface area contributed by atoms with E-state index >= 15 is 0 Å². The highest BCUT2D eigenvalue weighted by molar-refractivity contribution is 7.17. The van der Waals surface area contributed by atoms with Gasteiger partial charge in [0.05, 0.1) is 17.3 Å². The quantitative estimate of drug-likeness (QED) is 0.473. The van der Waals surface area contributed by atoms with Crippen molar-refractivity contribution in [2.75, 3.05) is 12.4 Å². The van der Waals surface area contributed by atoms with Crippen molar-refractivity contribution in [2.45, 2.75) is 20.0 Å². The number of hydrogen-bond acceptors (Lipinski definition) is 8. The van der Waals surface area contributed by atoms with Crippen LogP contribution < -0.4 is 15.4 Å². The topological polar surface area (TPSA) is 102 Å². The highest BCUT2D eigenvalue weighted by Crippen LogP contribution is 2.24. The SMILES string of the molecule is COc1ccc(CNC(=O)c2nc(NCc3cccnc3C)nc3ccsc23)cn1. The number of pyridine rings is 2. The highest BCUT2D eigenvalue weighted by atomic mass is 32.1. The Hall–Kier alpha value is -3.59. The van der Waals surface area contributed by atoms with E-state index in [2.05, 4.69) is 30.6 Å². The van der Waals surface area contributed by atoms with E-state index in [0.717, 1.165) is 27.0 Å². The molecule has 0 unspecified atom stereocenters. The van der Waals surface area contributed by atoms with Crippen molar-refractivity contribution in [1.29, 1.82) is 0 Å². The zero-order valence-electron chi connectivity index (χ0n) is 16.5. The van der Waals surface area contributed by atoms with Crippen LogP contribution in [0.3, 0.4) is 0 Å². The van der Waals surface area contributed by atoms with E-state index in [1.165, 1.54) is 11.3 Å². The lowest BCUT2D eigenvalue weighted by molar-refractivity contribution is 0.0948. The summed E-state index contributed by atoms with van der Waals surface area (Å²) in [6, 6.07) is 9.38. The highest BCUT2D eigenvalue weighted by Gasteiger charge is 2.16. The minimum atomic E-state index is -0.263. The number of rotatable bonds is 7. The van der Waals surface area contributed by atoms with E-state index in [1.807, 2.05) is 36.6 Å². The smallest absolute Gasteiger partial charge is 0.271 e. The fourth-order valence-corrected chi connectivity index (χ4v) is 3.69. The van der Waals surface area contributed by atoms with Gasteiger partial charge in [0.15, 0.2) is 5.69 Å². The van der Waals surface area contributed by atoms with E-state index in [1.54, 1.807) is 25.6 Å². The van der Waals surface area contributed by atoms with Crippen molar-refractivity contribution < 1.29 is 9.53 Å². The summed E-state index contributed by atoms with van der Waals surface area (Å²) in [5, 5.41) is 8.01. The lowest BCUT2D eigenvalue weighted by Crippen LogP contribution is -2.24. The fourth-order valence-electron chi connectivity index (χ4n) is 2.88. The summed E-state index contributed by atoms with van der Waals surface area (Å²) in [6.45, 7) is 2.81. The standard InChI is InChI=1S/C21H20N6O2S/c1-13-15(4-3-8-22-13)12-25-21-26-16-7-9-30-19(16)18(27-21)20(28)24-11-14-5-6-17(29-2)23-10-14/h3-10H,11-12H2,1-2H3,(H,24,28)(H,25,26,27). The van der Waals surface area contributed by atoms with Gasteiger partial charge in [-0.15, -0.1) is 11.3 Å². The molecular weight excluding hydrogens is 400 g/mol. The monoisotopic (exact) mass is 420 g/mol. The third kappa shape index (κ3) is 4.36. The van der Waals surface area contributed by atoms with Crippen molar-refractivity contribution in [2.24, 2.45) is 0 Å². The van der Waals surface area contributed by atoms with E-state index < -0.39 is 0 Å². The zero-order chi connectivity index (χ0) is 20.9. The maximum absolute atomic E-state index is 12.9. The zero-order valence-corrected chi connectivity index (χ0v) is 17.4. The van der Waals surface area contributed by atoms with Gasteiger partial charge in [-0.1, -0.05) is 12.1 Å². The third-order valence-electron chi connectivity index (χ3n) is 4.53. The van der Waals surface area contributed by atoms with Crippen LogP contribution in [-0.4, -0.2) is 33.0 Å². The second-order valence-corrected chi connectivity index (χ2v) is 7.44. The number of aromatic nitrogens is 4.